The first-order chi connectivity index (χ1) is 15.4. The minimum Gasteiger partial charge on any atom is -0.326 e. The molecule has 0 aliphatic rings. The summed E-state index contributed by atoms with van der Waals surface area (Å²) in [5.74, 6) is 0.220. The Balaban J connectivity index is 1.85. The summed E-state index contributed by atoms with van der Waals surface area (Å²) in [6, 6.07) is 13.8. The van der Waals surface area contributed by atoms with Crippen molar-refractivity contribution in [2.75, 3.05) is 11.6 Å². The summed E-state index contributed by atoms with van der Waals surface area (Å²) in [7, 11) is 0. The zero-order chi connectivity index (χ0) is 23.1. The van der Waals surface area contributed by atoms with Crippen LogP contribution >= 0.6 is 11.8 Å². The van der Waals surface area contributed by atoms with E-state index >= 15 is 0 Å². The fraction of sp³-hybridized carbons (Fsp3) is 0.320. The molecular weight excluding hydrogens is 418 g/mol. The quantitative estimate of drug-likeness (QED) is 0.290. The molecule has 6 nitrogen and oxygen atoms in total. The Bertz CT molecular complexity index is 1100. The second kappa shape index (κ2) is 11.0. The van der Waals surface area contributed by atoms with E-state index in [9.17, 15) is 4.79 Å². The fourth-order valence-electron chi connectivity index (χ4n) is 3.46. The van der Waals surface area contributed by atoms with Crippen LogP contribution in [0.3, 0.4) is 0 Å². The van der Waals surface area contributed by atoms with Gasteiger partial charge >= 0.3 is 0 Å². The lowest BCUT2D eigenvalue weighted by atomic mass is 10.1. The Morgan fingerprint density at radius 1 is 1.12 bits per heavy atom. The highest BCUT2D eigenvalue weighted by atomic mass is 32.2. The topological polar surface area (TPSA) is 71.3 Å². The average Bonchev–Trinajstić information content (AvgIpc) is 3.10. The number of benzene rings is 2. The van der Waals surface area contributed by atoms with Gasteiger partial charge in [0.2, 0.25) is 5.96 Å². The van der Waals surface area contributed by atoms with Gasteiger partial charge in [0.15, 0.2) is 0 Å². The molecule has 1 aromatic heterocycles. The maximum atomic E-state index is 13.0. The van der Waals surface area contributed by atoms with Crippen LogP contribution in [0.25, 0.3) is 0 Å². The molecule has 0 unspecified atom stereocenters. The van der Waals surface area contributed by atoms with Crippen LogP contribution in [0.4, 0.5) is 5.69 Å². The van der Waals surface area contributed by atoms with E-state index < -0.39 is 0 Å². The Hall–Kier alpha value is -3.06. The summed E-state index contributed by atoms with van der Waals surface area (Å²) < 4.78 is 1.95. The lowest BCUT2D eigenvalue weighted by Crippen LogP contribution is -2.36. The third kappa shape index (κ3) is 6.47. The van der Waals surface area contributed by atoms with E-state index in [0.717, 1.165) is 45.9 Å². The monoisotopic (exact) mass is 449 g/mol. The predicted octanol–water partition coefficient (Wildman–Crippen LogP) is 5.34. The number of anilines is 1. The zero-order valence-electron chi connectivity index (χ0n) is 19.4. The fourth-order valence-corrected chi connectivity index (χ4v) is 3.91. The van der Waals surface area contributed by atoms with Gasteiger partial charge in [0.25, 0.3) is 5.91 Å². The molecule has 7 heteroatoms. The van der Waals surface area contributed by atoms with Crippen molar-refractivity contribution in [3.63, 3.8) is 0 Å². The van der Waals surface area contributed by atoms with Gasteiger partial charge in [0.05, 0.1) is 12.2 Å². The Labute approximate surface area is 194 Å². The number of hydrogen-bond acceptors (Lipinski definition) is 4. The third-order valence-electron chi connectivity index (χ3n) is 4.96. The molecule has 0 aliphatic carbocycles. The molecule has 0 atom stereocenters. The van der Waals surface area contributed by atoms with Gasteiger partial charge in [0, 0.05) is 34.5 Å². The highest BCUT2D eigenvalue weighted by molar-refractivity contribution is 7.98. The first-order valence-corrected chi connectivity index (χ1v) is 12.0. The van der Waals surface area contributed by atoms with Crippen LogP contribution < -0.4 is 10.6 Å². The number of rotatable bonds is 7. The second-order valence-corrected chi connectivity index (χ2v) is 8.73. The molecule has 0 saturated heterocycles. The zero-order valence-corrected chi connectivity index (χ0v) is 20.2. The van der Waals surface area contributed by atoms with E-state index in [1.165, 1.54) is 0 Å². The number of nitrogens with one attached hydrogen (secondary N) is 2. The van der Waals surface area contributed by atoms with Crippen LogP contribution in [0.1, 0.15) is 46.1 Å². The number of aryl methyl sites for hydroxylation is 4. The van der Waals surface area contributed by atoms with Crippen LogP contribution in [0.5, 0.6) is 0 Å². The smallest absolute Gasteiger partial charge is 0.257 e. The normalized spacial score (nSPS) is 11.5. The number of carbonyl (C=O) groups excluding carboxylic acids is 1. The summed E-state index contributed by atoms with van der Waals surface area (Å²) in [4.78, 5) is 18.8. The Morgan fingerprint density at radius 3 is 2.56 bits per heavy atom. The summed E-state index contributed by atoms with van der Waals surface area (Å²) >= 11 is 1.67. The number of nitrogens with zero attached hydrogens (tertiary/aromatic N) is 3. The molecule has 3 aromatic rings. The number of hydrogen-bond donors (Lipinski definition) is 2. The standard InChI is InChI=1S/C25H31N5OS/c1-6-10-30-16-21(19(4)29-30)15-26-25(27-22-8-7-9-23(14-22)32-5)28-24(31)20-12-17(2)11-18(3)13-20/h7-9,11-14,16H,6,10,15H2,1-5H3,(H2,26,27,28,31). The van der Waals surface area contributed by atoms with Gasteiger partial charge in [-0.2, -0.15) is 5.10 Å². The van der Waals surface area contributed by atoms with Crippen molar-refractivity contribution in [3.8, 4) is 0 Å². The van der Waals surface area contributed by atoms with E-state index in [2.05, 4.69) is 28.7 Å². The van der Waals surface area contributed by atoms with Crippen LogP contribution in [0.2, 0.25) is 0 Å². The molecule has 3 rings (SSSR count). The second-order valence-electron chi connectivity index (χ2n) is 7.86. The maximum absolute atomic E-state index is 13.0. The van der Waals surface area contributed by atoms with Gasteiger partial charge in [-0.25, -0.2) is 4.99 Å². The number of thioether (sulfide) groups is 1. The van der Waals surface area contributed by atoms with E-state index in [0.29, 0.717) is 18.1 Å². The number of amides is 1. The van der Waals surface area contributed by atoms with Crippen molar-refractivity contribution in [2.45, 2.75) is 52.1 Å². The highest BCUT2D eigenvalue weighted by Gasteiger charge is 2.12. The SMILES string of the molecule is CCCn1cc(CN=C(NC(=O)c2cc(C)cc(C)c2)Nc2cccc(SC)c2)c(C)n1. The highest BCUT2D eigenvalue weighted by Crippen LogP contribution is 2.19. The number of guanidine groups is 1. The van der Waals surface area contributed by atoms with Gasteiger partial charge in [-0.3, -0.25) is 14.8 Å². The predicted molar refractivity (Wildman–Crippen MR) is 134 cm³/mol. The molecule has 0 spiro atoms. The first-order valence-electron chi connectivity index (χ1n) is 10.8. The molecule has 0 radical (unpaired) electrons. The largest absolute Gasteiger partial charge is 0.326 e. The van der Waals surface area contributed by atoms with Crippen molar-refractivity contribution in [1.29, 1.82) is 0 Å². The molecule has 0 fully saturated rings. The summed E-state index contributed by atoms with van der Waals surface area (Å²) in [6.07, 6.45) is 5.08. The minimum atomic E-state index is -0.192. The Kier molecular flexibility index (Phi) is 8.11. The van der Waals surface area contributed by atoms with E-state index in [4.69, 9.17) is 4.99 Å². The molecule has 32 heavy (non-hydrogen) atoms. The third-order valence-corrected chi connectivity index (χ3v) is 5.68. The van der Waals surface area contributed by atoms with Gasteiger partial charge < -0.3 is 5.32 Å². The number of aliphatic imine (C=N–C) groups is 1. The van der Waals surface area contributed by atoms with Crippen LogP contribution in [0.15, 0.2) is 58.5 Å². The average molecular weight is 450 g/mol. The molecule has 0 saturated carbocycles. The molecule has 1 heterocycles. The molecule has 1 amide bonds. The van der Waals surface area contributed by atoms with Gasteiger partial charge in [-0.1, -0.05) is 30.2 Å². The molecular formula is C25H31N5OS. The summed E-state index contributed by atoms with van der Waals surface area (Å²) in [5, 5.41) is 10.8. The van der Waals surface area contributed by atoms with E-state index in [1.807, 2.05) is 74.3 Å². The van der Waals surface area contributed by atoms with Crippen LogP contribution in [-0.4, -0.2) is 27.9 Å². The minimum absolute atomic E-state index is 0.192. The van der Waals surface area contributed by atoms with Crippen LogP contribution in [0, 0.1) is 20.8 Å². The van der Waals surface area contributed by atoms with E-state index in [-0.39, 0.29) is 5.91 Å². The van der Waals surface area contributed by atoms with Gasteiger partial charge in [-0.15, -0.1) is 11.8 Å². The molecule has 0 bridgehead atoms. The lowest BCUT2D eigenvalue weighted by Gasteiger charge is -2.13. The number of carbonyl (C=O) groups is 1. The molecule has 2 N–H and O–H groups in total. The summed E-state index contributed by atoms with van der Waals surface area (Å²) in [6.45, 7) is 9.39. The van der Waals surface area contributed by atoms with E-state index in [1.54, 1.807) is 11.8 Å². The number of aromatic nitrogens is 2. The van der Waals surface area contributed by atoms with Gasteiger partial charge in [0.1, 0.15) is 0 Å². The van der Waals surface area contributed by atoms with Crippen molar-refractivity contribution in [1.82, 2.24) is 15.1 Å². The Morgan fingerprint density at radius 2 is 1.88 bits per heavy atom. The maximum Gasteiger partial charge on any atom is 0.257 e. The molecule has 0 aliphatic heterocycles. The lowest BCUT2D eigenvalue weighted by molar-refractivity contribution is 0.0976. The van der Waals surface area contributed by atoms with Crippen molar-refractivity contribution < 1.29 is 4.79 Å². The van der Waals surface area contributed by atoms with Crippen molar-refractivity contribution in [3.05, 3.63) is 76.6 Å². The van der Waals surface area contributed by atoms with Gasteiger partial charge in [-0.05, 0) is 63.8 Å². The van der Waals surface area contributed by atoms with Crippen molar-refractivity contribution >= 4 is 29.3 Å². The molecule has 2 aromatic carbocycles. The van der Waals surface area contributed by atoms with Crippen LogP contribution in [-0.2, 0) is 13.1 Å². The molecule has 168 valence electrons. The summed E-state index contributed by atoms with van der Waals surface area (Å²) in [5.41, 5.74) is 5.57. The van der Waals surface area contributed by atoms with Crippen molar-refractivity contribution in [2.24, 2.45) is 4.99 Å². The first kappa shape index (κ1) is 23.6.